The number of carbonyl (C=O) groups excluding carboxylic acids is 1. The number of esters is 1. The van der Waals surface area contributed by atoms with Gasteiger partial charge in [0.2, 0.25) is 11.4 Å². The first-order valence-electron chi connectivity index (χ1n) is 10.4. The predicted octanol–water partition coefficient (Wildman–Crippen LogP) is 3.09. The van der Waals surface area contributed by atoms with Crippen molar-refractivity contribution < 1.29 is 29.3 Å². The monoisotopic (exact) mass is 433 g/mol. The Bertz CT molecular complexity index is 940. The van der Waals surface area contributed by atoms with E-state index in [0.29, 0.717) is 42.5 Å². The van der Waals surface area contributed by atoms with Crippen molar-refractivity contribution in [3.05, 3.63) is 29.6 Å². The Balaban J connectivity index is 2.56. The maximum Gasteiger partial charge on any atom is 0.374 e. The van der Waals surface area contributed by atoms with E-state index in [0.717, 1.165) is 0 Å². The first kappa shape index (κ1) is 24.3. The lowest BCUT2D eigenvalue weighted by Gasteiger charge is -2.37. The zero-order valence-corrected chi connectivity index (χ0v) is 18.7. The van der Waals surface area contributed by atoms with E-state index in [-0.39, 0.29) is 12.2 Å². The summed E-state index contributed by atoms with van der Waals surface area (Å²) < 4.78 is 5.34. The van der Waals surface area contributed by atoms with E-state index in [1.807, 2.05) is 13.8 Å². The van der Waals surface area contributed by atoms with Crippen LogP contribution in [0.2, 0.25) is 0 Å². The highest BCUT2D eigenvalue weighted by Crippen LogP contribution is 2.28. The van der Waals surface area contributed by atoms with Crippen LogP contribution in [-0.2, 0) is 20.7 Å². The molecule has 1 aromatic carbocycles. The maximum absolute atomic E-state index is 12.4. The number of nitrogens with zero attached hydrogens (tertiary/aromatic N) is 2. The molecule has 2 rings (SSSR count). The molecule has 2 aromatic rings. The number of rotatable bonds is 10. The molecule has 0 spiro atoms. The van der Waals surface area contributed by atoms with Crippen molar-refractivity contribution in [2.45, 2.75) is 65.0 Å². The van der Waals surface area contributed by atoms with Gasteiger partial charge in [-0.1, -0.05) is 26.0 Å². The fourth-order valence-corrected chi connectivity index (χ4v) is 3.59. The Hall–Kier alpha value is -2.94. The molecule has 0 aliphatic heterocycles. The van der Waals surface area contributed by atoms with Crippen molar-refractivity contribution in [3.63, 3.8) is 0 Å². The molecule has 170 valence electrons. The summed E-state index contributed by atoms with van der Waals surface area (Å²) in [6, 6.07) is 5.00. The molecule has 0 saturated carbocycles. The van der Waals surface area contributed by atoms with E-state index in [9.17, 15) is 24.6 Å². The summed E-state index contributed by atoms with van der Waals surface area (Å²) in [6.07, 6.45) is 0.920. The van der Waals surface area contributed by atoms with Crippen LogP contribution in [0.4, 0.5) is 0 Å². The number of hydrogen-bond donors (Lipinski definition) is 3. The number of ether oxygens (including phenoxy) is 1. The smallest absolute Gasteiger partial charge is 0.374 e. The second-order valence-corrected chi connectivity index (χ2v) is 8.54. The van der Waals surface area contributed by atoms with E-state index in [4.69, 9.17) is 4.74 Å². The molecular formula is C22H31N3O6. The number of para-hydroxylation sites is 1. The number of fused-ring (bicyclic) bond motifs is 1. The van der Waals surface area contributed by atoms with Gasteiger partial charge in [-0.15, -0.1) is 0 Å². The van der Waals surface area contributed by atoms with Crippen LogP contribution < -0.4 is 0 Å². The van der Waals surface area contributed by atoms with Gasteiger partial charge >= 0.3 is 17.9 Å². The third kappa shape index (κ3) is 5.22. The van der Waals surface area contributed by atoms with Crippen molar-refractivity contribution in [2.24, 2.45) is 0 Å². The summed E-state index contributed by atoms with van der Waals surface area (Å²) in [7, 11) is 0. The average molecular weight is 434 g/mol. The number of aromatic amines is 1. The molecule has 0 amide bonds. The molecule has 0 fully saturated rings. The number of H-pyrrole nitrogens is 1. The van der Waals surface area contributed by atoms with Crippen molar-refractivity contribution in [1.29, 1.82) is 0 Å². The lowest BCUT2D eigenvalue weighted by Crippen LogP contribution is -2.62. The summed E-state index contributed by atoms with van der Waals surface area (Å²) >= 11 is 0. The zero-order valence-electron chi connectivity index (χ0n) is 18.7. The molecule has 0 atom stereocenters. The van der Waals surface area contributed by atoms with Crippen molar-refractivity contribution in [2.75, 3.05) is 13.1 Å². The first-order chi connectivity index (χ1) is 14.5. The number of aliphatic carboxylic acids is 2. The summed E-state index contributed by atoms with van der Waals surface area (Å²) in [4.78, 5) is 45.8. The van der Waals surface area contributed by atoms with Crippen LogP contribution in [0.5, 0.6) is 0 Å². The highest BCUT2D eigenvalue weighted by Gasteiger charge is 2.51. The lowest BCUT2D eigenvalue weighted by atomic mass is 9.87. The van der Waals surface area contributed by atoms with Gasteiger partial charge in [0.05, 0.1) is 11.0 Å². The fraction of sp³-hybridized carbons (Fsp3) is 0.545. The van der Waals surface area contributed by atoms with Gasteiger partial charge < -0.3 is 19.9 Å². The van der Waals surface area contributed by atoms with Gasteiger partial charge in [0.1, 0.15) is 5.60 Å². The van der Waals surface area contributed by atoms with Crippen molar-refractivity contribution in [3.8, 4) is 0 Å². The van der Waals surface area contributed by atoms with Crippen LogP contribution in [0.25, 0.3) is 11.0 Å². The molecule has 0 aliphatic carbocycles. The quantitative estimate of drug-likeness (QED) is 0.385. The fourth-order valence-electron chi connectivity index (χ4n) is 3.59. The molecule has 31 heavy (non-hydrogen) atoms. The molecule has 9 nitrogen and oxygen atoms in total. The predicted molar refractivity (Wildman–Crippen MR) is 115 cm³/mol. The topological polar surface area (TPSA) is 133 Å². The minimum Gasteiger partial charge on any atom is -0.479 e. The third-order valence-electron chi connectivity index (χ3n) is 4.87. The maximum atomic E-state index is 12.4. The Morgan fingerprint density at radius 3 is 2.13 bits per heavy atom. The van der Waals surface area contributed by atoms with E-state index in [1.54, 1.807) is 39.0 Å². The lowest BCUT2D eigenvalue weighted by molar-refractivity contribution is -0.168. The van der Waals surface area contributed by atoms with Gasteiger partial charge in [-0.2, -0.15) is 0 Å². The van der Waals surface area contributed by atoms with Crippen LogP contribution in [0, 0.1) is 0 Å². The summed E-state index contributed by atoms with van der Waals surface area (Å²) in [5.74, 6) is -3.52. The molecular weight excluding hydrogens is 402 g/mol. The van der Waals surface area contributed by atoms with Crippen LogP contribution in [0.3, 0.4) is 0 Å². The van der Waals surface area contributed by atoms with Crippen LogP contribution in [-0.4, -0.2) is 67.2 Å². The largest absolute Gasteiger partial charge is 0.479 e. The van der Waals surface area contributed by atoms with Gasteiger partial charge in [0.15, 0.2) is 0 Å². The van der Waals surface area contributed by atoms with Crippen LogP contribution in [0.15, 0.2) is 18.2 Å². The van der Waals surface area contributed by atoms with Gasteiger partial charge in [-0.25, -0.2) is 19.4 Å². The average Bonchev–Trinajstić information content (AvgIpc) is 3.09. The van der Waals surface area contributed by atoms with Gasteiger partial charge in [0.25, 0.3) is 0 Å². The Morgan fingerprint density at radius 1 is 1.06 bits per heavy atom. The normalized spacial score (nSPS) is 12.3. The SMILES string of the molecule is CCCN(CCC)C(Cc1cccc2[nH]c(C(=O)OC(C)(C)C)nc12)(C(=O)O)C(=O)O. The molecule has 0 unspecified atom stereocenters. The molecule has 1 aromatic heterocycles. The van der Waals surface area contributed by atoms with Gasteiger partial charge in [-0.3, -0.25) is 4.90 Å². The minimum absolute atomic E-state index is 0.0207. The number of hydrogen-bond acceptors (Lipinski definition) is 6. The standard InChI is InChI=1S/C22H31N3O6/c1-6-11-25(12-7-2)22(19(27)28,20(29)30)13-14-9-8-10-15-16(14)24-17(23-15)18(26)31-21(3,4)5/h8-10H,6-7,11-13H2,1-5H3,(H,23,24)(H,27,28)(H,29,30). The number of carboxylic acids is 2. The Labute approximate surface area is 181 Å². The second-order valence-electron chi connectivity index (χ2n) is 8.54. The molecule has 0 saturated heterocycles. The highest BCUT2D eigenvalue weighted by atomic mass is 16.6. The van der Waals surface area contributed by atoms with Crippen molar-refractivity contribution >= 4 is 28.9 Å². The highest BCUT2D eigenvalue weighted by molar-refractivity contribution is 6.04. The van der Waals surface area contributed by atoms with E-state index >= 15 is 0 Å². The van der Waals surface area contributed by atoms with E-state index in [1.165, 1.54) is 4.90 Å². The third-order valence-corrected chi connectivity index (χ3v) is 4.87. The van der Waals surface area contributed by atoms with Gasteiger partial charge in [0, 0.05) is 6.42 Å². The summed E-state index contributed by atoms with van der Waals surface area (Å²) in [5, 5.41) is 20.1. The molecule has 0 aliphatic rings. The molecule has 0 bridgehead atoms. The first-order valence-corrected chi connectivity index (χ1v) is 10.4. The number of benzene rings is 1. The van der Waals surface area contributed by atoms with Crippen LogP contribution >= 0.6 is 0 Å². The Kier molecular flexibility index (Phi) is 7.43. The summed E-state index contributed by atoms with van der Waals surface area (Å²) in [5.41, 5.74) is -1.58. The number of carbonyl (C=O) groups is 3. The molecule has 3 N–H and O–H groups in total. The molecule has 0 radical (unpaired) electrons. The number of carboxylic acid groups (broad SMARTS) is 2. The van der Waals surface area contributed by atoms with Gasteiger partial charge in [-0.05, 0) is 58.3 Å². The zero-order chi connectivity index (χ0) is 23.4. The second kappa shape index (κ2) is 9.47. The minimum atomic E-state index is -2.15. The van der Waals surface area contributed by atoms with Crippen molar-refractivity contribution in [1.82, 2.24) is 14.9 Å². The summed E-state index contributed by atoms with van der Waals surface area (Å²) in [6.45, 7) is 9.62. The molecule has 1 heterocycles. The number of aromatic nitrogens is 2. The molecule has 9 heteroatoms. The van der Waals surface area contributed by atoms with Crippen LogP contribution in [0.1, 0.15) is 63.6 Å². The van der Waals surface area contributed by atoms with E-state index in [2.05, 4.69) is 9.97 Å². The number of nitrogens with one attached hydrogen (secondary N) is 1. The Morgan fingerprint density at radius 2 is 1.65 bits per heavy atom. The van der Waals surface area contributed by atoms with E-state index < -0.39 is 29.0 Å². The number of imidazole rings is 1.